The number of nitrogens with zero attached hydrogens (tertiary/aromatic N) is 4. The summed E-state index contributed by atoms with van der Waals surface area (Å²) < 4.78 is 9.16. The van der Waals surface area contributed by atoms with Gasteiger partial charge in [0.2, 0.25) is 0 Å². The van der Waals surface area contributed by atoms with Crippen LogP contribution in [-0.4, -0.2) is 19.5 Å². The van der Waals surface area contributed by atoms with Gasteiger partial charge in [0.1, 0.15) is 11.2 Å². The second-order valence-electron chi connectivity index (χ2n) is 14.0. The van der Waals surface area contributed by atoms with Crippen LogP contribution in [0.15, 0.2) is 174 Å². The van der Waals surface area contributed by atoms with Crippen molar-refractivity contribution in [2.75, 3.05) is 0 Å². The number of aromatic nitrogens is 4. The first kappa shape index (κ1) is 29.2. The molecule has 0 atom stereocenters. The summed E-state index contributed by atoms with van der Waals surface area (Å²) in [5.74, 6) is 0. The fourth-order valence-corrected chi connectivity index (χ4v) is 8.59. The van der Waals surface area contributed by atoms with Crippen molar-refractivity contribution in [3.63, 3.8) is 0 Å². The Morgan fingerprint density at radius 2 is 1.22 bits per heavy atom. The number of hydrogen-bond acceptors (Lipinski definition) is 4. The molecule has 0 spiro atoms. The minimum absolute atomic E-state index is 0.812. The molecule has 7 aromatic carbocycles. The van der Waals surface area contributed by atoms with Crippen molar-refractivity contribution >= 4 is 87.2 Å². The molecule has 0 saturated heterocycles. The number of benzene rings is 7. The van der Waals surface area contributed by atoms with Crippen LogP contribution >= 0.6 is 0 Å². The highest BCUT2D eigenvalue weighted by molar-refractivity contribution is 6.30. The maximum absolute atomic E-state index is 6.81. The molecule has 5 nitrogen and oxygen atoms in total. The van der Waals surface area contributed by atoms with Crippen molar-refractivity contribution in [1.82, 2.24) is 19.5 Å². The quantitative estimate of drug-likeness (QED) is 0.173. The highest BCUT2D eigenvalue weighted by Crippen LogP contribution is 2.46. The Bertz CT molecular complexity index is 3510. The molecule has 0 unspecified atom stereocenters. The first-order valence-corrected chi connectivity index (χ1v) is 18.2. The van der Waals surface area contributed by atoms with Gasteiger partial charge in [-0.3, -0.25) is 4.98 Å². The third-order valence-electron chi connectivity index (χ3n) is 11.0. The predicted molar refractivity (Wildman–Crippen MR) is 222 cm³/mol. The van der Waals surface area contributed by atoms with E-state index in [0.29, 0.717) is 0 Å². The fourth-order valence-electron chi connectivity index (χ4n) is 8.59. The summed E-state index contributed by atoms with van der Waals surface area (Å²) in [6.45, 7) is 0. The van der Waals surface area contributed by atoms with Crippen molar-refractivity contribution < 1.29 is 4.42 Å². The number of para-hydroxylation sites is 4. The van der Waals surface area contributed by atoms with Gasteiger partial charge in [0.25, 0.3) is 0 Å². The molecular formula is C49H28N4O. The van der Waals surface area contributed by atoms with E-state index >= 15 is 0 Å². The third kappa shape index (κ3) is 4.12. The summed E-state index contributed by atoms with van der Waals surface area (Å²) >= 11 is 0. The normalized spacial score (nSPS) is 12.1. The molecule has 0 bridgehead atoms. The highest BCUT2D eigenvalue weighted by atomic mass is 16.3. The molecule has 0 saturated carbocycles. The lowest BCUT2D eigenvalue weighted by atomic mass is 9.92. The van der Waals surface area contributed by atoms with E-state index in [1.54, 1.807) is 0 Å². The van der Waals surface area contributed by atoms with Crippen LogP contribution in [0.4, 0.5) is 0 Å². The molecule has 5 heterocycles. The topological polar surface area (TPSA) is 56.7 Å². The Morgan fingerprint density at radius 3 is 2.13 bits per heavy atom. The zero-order valence-electron chi connectivity index (χ0n) is 28.9. The van der Waals surface area contributed by atoms with E-state index in [4.69, 9.17) is 19.4 Å². The van der Waals surface area contributed by atoms with E-state index < -0.39 is 0 Å². The van der Waals surface area contributed by atoms with E-state index in [1.807, 2.05) is 18.3 Å². The molecule has 0 radical (unpaired) electrons. The summed E-state index contributed by atoms with van der Waals surface area (Å²) in [6.07, 6.45) is 1.83. The Balaban J connectivity index is 1.21. The summed E-state index contributed by atoms with van der Waals surface area (Å²) in [6, 6.07) is 57.6. The van der Waals surface area contributed by atoms with Crippen LogP contribution in [0.2, 0.25) is 0 Å². The molecule has 250 valence electrons. The van der Waals surface area contributed by atoms with Crippen LogP contribution in [0.3, 0.4) is 0 Å². The molecule has 5 aromatic heterocycles. The van der Waals surface area contributed by atoms with Gasteiger partial charge in [-0.05, 0) is 60.7 Å². The standard InChI is InChI=1S/C49H28N4O/c1-2-12-32(13-3-1)53-41-18-8-5-14-33(41)36-27-31(23-25-42(36)53)46-38-28-37(40-24-22-30-21-20-29-11-10-26-50-47(29)48(30)52-40)49-45(35-16-6-9-19-43(35)54-49)44(38)34-15-4-7-17-39(34)51-46/h1-28H. The van der Waals surface area contributed by atoms with Gasteiger partial charge < -0.3 is 8.98 Å². The summed E-state index contributed by atoms with van der Waals surface area (Å²) in [5, 5.41) is 9.88. The Labute approximate surface area is 308 Å². The van der Waals surface area contributed by atoms with E-state index in [2.05, 4.69) is 156 Å². The minimum Gasteiger partial charge on any atom is -0.455 e. The van der Waals surface area contributed by atoms with Crippen molar-refractivity contribution in [2.45, 2.75) is 0 Å². The van der Waals surface area contributed by atoms with E-state index in [1.165, 1.54) is 16.3 Å². The zero-order valence-corrected chi connectivity index (χ0v) is 28.9. The molecule has 0 aliphatic carbocycles. The van der Waals surface area contributed by atoms with E-state index in [9.17, 15) is 0 Å². The number of furan rings is 1. The van der Waals surface area contributed by atoms with Gasteiger partial charge in [0, 0.05) is 71.5 Å². The lowest BCUT2D eigenvalue weighted by molar-refractivity contribution is 0.670. The van der Waals surface area contributed by atoms with Crippen LogP contribution in [-0.2, 0) is 0 Å². The molecule has 12 aromatic rings. The lowest BCUT2D eigenvalue weighted by Crippen LogP contribution is -1.94. The van der Waals surface area contributed by atoms with Gasteiger partial charge in [-0.1, -0.05) is 103 Å². The molecular weight excluding hydrogens is 661 g/mol. The highest BCUT2D eigenvalue weighted by Gasteiger charge is 2.23. The van der Waals surface area contributed by atoms with Gasteiger partial charge in [-0.2, -0.15) is 0 Å². The largest absolute Gasteiger partial charge is 0.455 e. The maximum atomic E-state index is 6.81. The first-order chi connectivity index (χ1) is 26.8. The van der Waals surface area contributed by atoms with Gasteiger partial charge in [-0.25, -0.2) is 9.97 Å². The van der Waals surface area contributed by atoms with E-state index in [-0.39, 0.29) is 0 Å². The van der Waals surface area contributed by atoms with Crippen LogP contribution in [0.1, 0.15) is 0 Å². The predicted octanol–water partition coefficient (Wildman–Crippen LogP) is 12.8. The number of hydrogen-bond donors (Lipinski definition) is 0. The number of fused-ring (bicyclic) bond motifs is 13. The molecule has 0 amide bonds. The Morgan fingerprint density at radius 1 is 0.481 bits per heavy atom. The SMILES string of the molecule is c1ccc(-n2c3ccccc3c3cc(-c4nc5ccccc5c5c4cc(-c4ccc6ccc7cccnc7c6n4)c4oc6ccccc6c45)ccc32)cc1. The smallest absolute Gasteiger partial charge is 0.145 e. The first-order valence-electron chi connectivity index (χ1n) is 18.2. The monoisotopic (exact) mass is 688 g/mol. The second-order valence-corrected chi connectivity index (χ2v) is 14.0. The van der Waals surface area contributed by atoms with Gasteiger partial charge in [0.15, 0.2) is 0 Å². The summed E-state index contributed by atoms with van der Waals surface area (Å²) in [5.41, 5.74) is 11.5. The van der Waals surface area contributed by atoms with Crippen molar-refractivity contribution in [2.24, 2.45) is 0 Å². The molecule has 0 N–H and O–H groups in total. The Kier molecular flexibility index (Phi) is 5.99. The second kappa shape index (κ2) is 11.1. The maximum Gasteiger partial charge on any atom is 0.145 e. The van der Waals surface area contributed by atoms with Crippen molar-refractivity contribution in [3.8, 4) is 28.2 Å². The molecule has 0 aliphatic rings. The molecule has 0 fully saturated rings. The third-order valence-corrected chi connectivity index (χ3v) is 11.0. The van der Waals surface area contributed by atoms with Crippen molar-refractivity contribution in [1.29, 1.82) is 0 Å². The van der Waals surface area contributed by atoms with Gasteiger partial charge in [-0.15, -0.1) is 0 Å². The van der Waals surface area contributed by atoms with Crippen LogP contribution < -0.4 is 0 Å². The number of pyridine rings is 3. The lowest BCUT2D eigenvalue weighted by Gasteiger charge is -2.14. The Hall–Kier alpha value is -7.37. The average Bonchev–Trinajstić information content (AvgIpc) is 3.79. The number of rotatable bonds is 3. The zero-order chi connectivity index (χ0) is 35.3. The average molecular weight is 689 g/mol. The molecule has 12 rings (SSSR count). The van der Waals surface area contributed by atoms with Gasteiger partial charge >= 0.3 is 0 Å². The fraction of sp³-hybridized carbons (Fsp3) is 0. The minimum atomic E-state index is 0.812. The molecule has 0 aliphatic heterocycles. The summed E-state index contributed by atoms with van der Waals surface area (Å²) in [7, 11) is 0. The van der Waals surface area contributed by atoms with Gasteiger partial charge in [0.05, 0.1) is 39.0 Å². The summed E-state index contributed by atoms with van der Waals surface area (Å²) in [4.78, 5) is 15.5. The molecule has 54 heavy (non-hydrogen) atoms. The van der Waals surface area contributed by atoms with Crippen LogP contribution in [0.5, 0.6) is 0 Å². The van der Waals surface area contributed by atoms with Crippen LogP contribution in [0, 0.1) is 0 Å². The molecule has 5 heteroatoms. The van der Waals surface area contributed by atoms with Crippen molar-refractivity contribution in [3.05, 3.63) is 170 Å². The van der Waals surface area contributed by atoms with E-state index in [0.717, 1.165) is 99.1 Å². The van der Waals surface area contributed by atoms with Crippen LogP contribution in [0.25, 0.3) is 115 Å².